The molecule has 12 heteroatoms. The van der Waals surface area contributed by atoms with Crippen LogP contribution in [0.5, 0.6) is 0 Å². The minimum absolute atomic E-state index is 0.0609. The van der Waals surface area contributed by atoms with Crippen LogP contribution >= 0.6 is 11.8 Å². The first-order chi connectivity index (χ1) is 21.4. The normalized spacial score (nSPS) is 18.0. The summed E-state index contributed by atoms with van der Waals surface area (Å²) >= 11 is 1.32. The summed E-state index contributed by atoms with van der Waals surface area (Å²) in [5.74, 6) is -1.13. The molecule has 0 radical (unpaired) electrons. The van der Waals surface area contributed by atoms with E-state index in [-0.39, 0.29) is 36.7 Å². The van der Waals surface area contributed by atoms with Crippen LogP contribution in [0, 0.1) is 0 Å². The fourth-order valence-electron chi connectivity index (χ4n) is 4.83. The highest BCUT2D eigenvalue weighted by Crippen LogP contribution is 2.40. The van der Waals surface area contributed by atoms with Crippen molar-refractivity contribution in [3.8, 4) is 0 Å². The molecule has 5 N–H and O–H groups in total. The second kappa shape index (κ2) is 16.9. The number of hydroxylamine groups is 1. The second-order valence-electron chi connectivity index (χ2n) is 10.4. The number of hydrogen-bond acceptors (Lipinski definition) is 9. The molecule has 0 saturated carbocycles. The van der Waals surface area contributed by atoms with Crippen molar-refractivity contribution in [2.45, 2.75) is 75.1 Å². The van der Waals surface area contributed by atoms with Crippen LogP contribution in [-0.4, -0.2) is 50.0 Å². The van der Waals surface area contributed by atoms with E-state index in [1.54, 1.807) is 23.8 Å². The molecule has 1 aliphatic rings. The number of ether oxygens (including phenoxy) is 2. The Labute approximate surface area is 260 Å². The third-order valence-electron chi connectivity index (χ3n) is 7.15. The van der Waals surface area contributed by atoms with Crippen molar-refractivity contribution in [3.63, 3.8) is 0 Å². The minimum Gasteiger partial charge on any atom is -0.478 e. The Hall–Kier alpha value is -3.81. The van der Waals surface area contributed by atoms with Gasteiger partial charge in [-0.3, -0.25) is 14.8 Å². The lowest BCUT2D eigenvalue weighted by Crippen LogP contribution is -2.31. The molecule has 0 spiro atoms. The standard InChI is InChI=1S/C32H37N3O8S/c36-19-21-12-14-22(15-13-21)27-18-25(20-44-30-26(31(39)40)9-6-16-33-30)42-32(43-27)23-7-5-8-24(17-23)34-28(37)10-3-1-2-4-11-29(38)35-41/h5-9,12-17,25,27,32,36,41H,1-4,10-11,18-20H2,(H,34,37)(H,35,38)(H,39,40)/t25-,27+,32+/m1/s1. The van der Waals surface area contributed by atoms with Gasteiger partial charge in [-0.25, -0.2) is 15.3 Å². The molecule has 11 nitrogen and oxygen atoms in total. The number of anilines is 1. The van der Waals surface area contributed by atoms with Gasteiger partial charge in [-0.2, -0.15) is 0 Å². The zero-order valence-electron chi connectivity index (χ0n) is 24.2. The molecule has 234 valence electrons. The number of benzene rings is 2. The molecule has 1 fully saturated rings. The Morgan fingerprint density at radius 3 is 2.36 bits per heavy atom. The van der Waals surface area contributed by atoms with Crippen molar-refractivity contribution in [2.24, 2.45) is 0 Å². The summed E-state index contributed by atoms with van der Waals surface area (Å²) in [4.78, 5) is 39.6. The van der Waals surface area contributed by atoms with Gasteiger partial charge in [0.25, 0.3) is 0 Å². The summed E-state index contributed by atoms with van der Waals surface area (Å²) < 4.78 is 12.8. The topological polar surface area (TPSA) is 167 Å². The fraction of sp³-hybridized carbons (Fsp3) is 0.375. The number of aliphatic hydroxyl groups is 1. The van der Waals surface area contributed by atoms with Gasteiger partial charge in [0.15, 0.2) is 6.29 Å². The smallest absolute Gasteiger partial charge is 0.338 e. The lowest BCUT2D eigenvalue weighted by Gasteiger charge is -2.36. The van der Waals surface area contributed by atoms with Gasteiger partial charge in [-0.05, 0) is 48.2 Å². The van der Waals surface area contributed by atoms with Crippen LogP contribution < -0.4 is 10.8 Å². The Balaban J connectivity index is 1.41. The van der Waals surface area contributed by atoms with Gasteiger partial charge < -0.3 is 25.0 Å². The van der Waals surface area contributed by atoms with Crippen molar-refractivity contribution in [2.75, 3.05) is 11.1 Å². The number of rotatable bonds is 15. The number of amides is 2. The molecule has 2 aromatic carbocycles. The zero-order valence-corrected chi connectivity index (χ0v) is 25.0. The molecule has 0 bridgehead atoms. The van der Waals surface area contributed by atoms with E-state index in [0.717, 1.165) is 29.5 Å². The first-order valence-electron chi connectivity index (χ1n) is 14.5. The van der Waals surface area contributed by atoms with E-state index in [1.165, 1.54) is 17.8 Å². The van der Waals surface area contributed by atoms with E-state index >= 15 is 0 Å². The number of carboxylic acids is 1. The number of nitrogens with one attached hydrogen (secondary N) is 2. The number of aromatic carboxylic acids is 1. The fourth-order valence-corrected chi connectivity index (χ4v) is 5.83. The summed E-state index contributed by atoms with van der Waals surface area (Å²) in [5, 5.41) is 30.9. The first-order valence-corrected chi connectivity index (χ1v) is 15.5. The van der Waals surface area contributed by atoms with Gasteiger partial charge >= 0.3 is 5.97 Å². The van der Waals surface area contributed by atoms with E-state index in [4.69, 9.17) is 14.7 Å². The molecule has 0 unspecified atom stereocenters. The maximum absolute atomic E-state index is 12.6. The summed E-state index contributed by atoms with van der Waals surface area (Å²) in [5.41, 5.74) is 4.80. The lowest BCUT2D eigenvalue weighted by molar-refractivity contribution is -0.245. The van der Waals surface area contributed by atoms with E-state index in [9.17, 15) is 24.6 Å². The van der Waals surface area contributed by atoms with Gasteiger partial charge in [0, 0.05) is 42.5 Å². The zero-order chi connectivity index (χ0) is 31.3. The number of unbranched alkanes of at least 4 members (excludes halogenated alkanes) is 3. The van der Waals surface area contributed by atoms with Crippen LogP contribution in [-0.2, 0) is 25.7 Å². The maximum Gasteiger partial charge on any atom is 0.338 e. The third-order valence-corrected chi connectivity index (χ3v) is 8.28. The molecule has 2 heterocycles. The highest BCUT2D eigenvalue weighted by molar-refractivity contribution is 7.99. The molecule has 2 amide bonds. The number of carbonyl (C=O) groups is 3. The van der Waals surface area contributed by atoms with Crippen molar-refractivity contribution < 1.29 is 39.3 Å². The number of carbonyl (C=O) groups excluding carboxylic acids is 2. The van der Waals surface area contributed by atoms with Crippen LogP contribution in [0.15, 0.2) is 71.9 Å². The van der Waals surface area contributed by atoms with Gasteiger partial charge in [-0.15, -0.1) is 11.8 Å². The van der Waals surface area contributed by atoms with Gasteiger partial charge in [0.05, 0.1) is 24.4 Å². The van der Waals surface area contributed by atoms with Crippen molar-refractivity contribution in [1.29, 1.82) is 0 Å². The Morgan fingerprint density at radius 2 is 1.66 bits per heavy atom. The van der Waals surface area contributed by atoms with E-state index < -0.39 is 18.2 Å². The largest absolute Gasteiger partial charge is 0.478 e. The summed E-state index contributed by atoms with van der Waals surface area (Å²) in [7, 11) is 0. The average molecular weight is 624 g/mol. The first kappa shape index (κ1) is 33.1. The highest BCUT2D eigenvalue weighted by atomic mass is 32.2. The molecule has 3 aromatic rings. The molecule has 1 aliphatic heterocycles. The Morgan fingerprint density at radius 1 is 0.909 bits per heavy atom. The minimum atomic E-state index is -1.04. The summed E-state index contributed by atoms with van der Waals surface area (Å²) in [6, 6.07) is 18.0. The van der Waals surface area contributed by atoms with Crippen LogP contribution in [0.25, 0.3) is 0 Å². The molecule has 0 aliphatic carbocycles. The van der Waals surface area contributed by atoms with Crippen LogP contribution in [0.4, 0.5) is 5.69 Å². The van der Waals surface area contributed by atoms with E-state index in [2.05, 4.69) is 10.3 Å². The molecule has 1 aromatic heterocycles. The molecule has 1 saturated heterocycles. The molecule has 3 atom stereocenters. The third kappa shape index (κ3) is 9.86. The number of nitrogens with zero attached hydrogens (tertiary/aromatic N) is 1. The molecule has 4 rings (SSSR count). The molecular formula is C32H37N3O8S. The SMILES string of the molecule is O=C(CCCCCCC(=O)Nc1cccc([C@H]2O[C@@H](CSc3ncccc3C(=O)O)C[C@@H](c3ccc(CO)cc3)O2)c1)NO. The quantitative estimate of drug-likeness (QED) is 0.0640. The van der Waals surface area contributed by atoms with Crippen molar-refractivity contribution in [1.82, 2.24) is 10.5 Å². The molecule has 44 heavy (non-hydrogen) atoms. The lowest BCUT2D eigenvalue weighted by atomic mass is 10.0. The Bertz CT molecular complexity index is 1400. The number of aromatic nitrogens is 1. The molecular weight excluding hydrogens is 586 g/mol. The monoisotopic (exact) mass is 623 g/mol. The van der Waals surface area contributed by atoms with Gasteiger partial charge in [-0.1, -0.05) is 49.2 Å². The average Bonchev–Trinajstić information content (AvgIpc) is 3.05. The number of thioether (sulfide) groups is 1. The number of carboxylic acid groups (broad SMARTS) is 1. The Kier molecular flexibility index (Phi) is 12.7. The summed E-state index contributed by atoms with van der Waals surface area (Å²) in [6.07, 6.45) is 4.21. The predicted octanol–water partition coefficient (Wildman–Crippen LogP) is 5.39. The number of aliphatic hydroxyl groups excluding tert-OH is 1. The highest BCUT2D eigenvalue weighted by Gasteiger charge is 2.33. The van der Waals surface area contributed by atoms with Crippen molar-refractivity contribution in [3.05, 3.63) is 89.1 Å². The predicted molar refractivity (Wildman–Crippen MR) is 163 cm³/mol. The van der Waals surface area contributed by atoms with E-state index in [1.807, 2.05) is 42.5 Å². The van der Waals surface area contributed by atoms with Crippen LogP contribution in [0.1, 0.15) is 84.4 Å². The van der Waals surface area contributed by atoms with Gasteiger partial charge in [0.2, 0.25) is 11.8 Å². The van der Waals surface area contributed by atoms with Gasteiger partial charge in [0.1, 0.15) is 5.03 Å². The van der Waals surface area contributed by atoms with Crippen LogP contribution in [0.3, 0.4) is 0 Å². The van der Waals surface area contributed by atoms with E-state index in [0.29, 0.717) is 42.1 Å². The van der Waals surface area contributed by atoms with Crippen LogP contribution in [0.2, 0.25) is 0 Å². The maximum atomic E-state index is 12.6. The number of pyridine rings is 1. The second-order valence-corrected chi connectivity index (χ2v) is 11.5. The number of hydrogen-bond donors (Lipinski definition) is 5. The summed E-state index contributed by atoms with van der Waals surface area (Å²) in [6.45, 7) is -0.0609. The van der Waals surface area contributed by atoms with Crippen molar-refractivity contribution >= 4 is 35.2 Å².